The highest BCUT2D eigenvalue weighted by atomic mass is 35.5. The molecule has 0 aliphatic heterocycles. The summed E-state index contributed by atoms with van der Waals surface area (Å²) in [4.78, 5) is 23.9. The second-order valence-corrected chi connectivity index (χ2v) is 5.85. The zero-order valence-corrected chi connectivity index (χ0v) is 13.0. The van der Waals surface area contributed by atoms with Gasteiger partial charge in [-0.05, 0) is 37.5 Å². The lowest BCUT2D eigenvalue weighted by Gasteiger charge is -2.09. The molecule has 21 heavy (non-hydrogen) atoms. The number of benzene rings is 1. The van der Waals surface area contributed by atoms with Crippen LogP contribution in [0.4, 0.5) is 5.69 Å². The maximum atomic E-state index is 12.1. The summed E-state index contributed by atoms with van der Waals surface area (Å²) in [5, 5.41) is 6.11. The van der Waals surface area contributed by atoms with Crippen molar-refractivity contribution in [3.63, 3.8) is 0 Å². The molecule has 0 heterocycles. The summed E-state index contributed by atoms with van der Waals surface area (Å²) in [5.74, 6) is -0.205. The van der Waals surface area contributed by atoms with Gasteiger partial charge in [-0.3, -0.25) is 9.59 Å². The Bertz CT molecular complexity index is 527. The zero-order valence-electron chi connectivity index (χ0n) is 12.2. The molecule has 2 N–H and O–H groups in total. The van der Waals surface area contributed by atoms with Crippen molar-refractivity contribution in [2.75, 3.05) is 5.32 Å². The fraction of sp³-hybridized carbons (Fsp3) is 0.500. The Kier molecular flexibility index (Phi) is 5.62. The Morgan fingerprint density at radius 2 is 2.05 bits per heavy atom. The predicted molar refractivity (Wildman–Crippen MR) is 84.7 cm³/mol. The molecule has 114 valence electrons. The number of nitrogens with one attached hydrogen (secondary N) is 2. The minimum atomic E-state index is -0.176. The first kappa shape index (κ1) is 15.8. The Hall–Kier alpha value is -1.55. The number of halogens is 1. The summed E-state index contributed by atoms with van der Waals surface area (Å²) in [6.45, 7) is 2.10. The number of hydrogen-bond acceptors (Lipinski definition) is 2. The van der Waals surface area contributed by atoms with Crippen LogP contribution in [0.3, 0.4) is 0 Å². The first-order chi connectivity index (χ1) is 10.1. The molecule has 1 aromatic rings. The third kappa shape index (κ3) is 5.05. The standard InChI is InChI=1S/C16H21ClN2O2/c1-2-3-4-5-15(20)18-12-8-9-14(17)13(10-12)16(21)19-11-6-7-11/h8-11H,2-7H2,1H3,(H,18,20)(H,19,21). The lowest BCUT2D eigenvalue weighted by molar-refractivity contribution is -0.116. The number of carbonyl (C=O) groups excluding carboxylic acids is 2. The highest BCUT2D eigenvalue weighted by Crippen LogP contribution is 2.24. The molecule has 2 rings (SSSR count). The smallest absolute Gasteiger partial charge is 0.253 e. The molecule has 1 aliphatic rings. The van der Waals surface area contributed by atoms with Gasteiger partial charge in [0.1, 0.15) is 0 Å². The predicted octanol–water partition coefficient (Wildman–Crippen LogP) is 3.75. The van der Waals surface area contributed by atoms with Crippen LogP contribution in [-0.4, -0.2) is 17.9 Å². The molecule has 0 unspecified atom stereocenters. The second kappa shape index (κ2) is 7.46. The Morgan fingerprint density at radius 3 is 2.71 bits per heavy atom. The van der Waals surface area contributed by atoms with Crippen LogP contribution in [0.15, 0.2) is 18.2 Å². The van der Waals surface area contributed by atoms with E-state index in [1.165, 1.54) is 0 Å². The highest BCUT2D eigenvalue weighted by molar-refractivity contribution is 6.34. The third-order valence-electron chi connectivity index (χ3n) is 3.41. The van der Waals surface area contributed by atoms with Gasteiger partial charge in [0, 0.05) is 18.2 Å². The maximum Gasteiger partial charge on any atom is 0.253 e. The lowest BCUT2D eigenvalue weighted by Crippen LogP contribution is -2.25. The van der Waals surface area contributed by atoms with Crippen molar-refractivity contribution in [3.05, 3.63) is 28.8 Å². The van der Waals surface area contributed by atoms with E-state index in [0.29, 0.717) is 22.7 Å². The molecule has 0 aromatic heterocycles. The van der Waals surface area contributed by atoms with Crippen LogP contribution < -0.4 is 10.6 Å². The molecule has 2 amide bonds. The number of rotatable bonds is 7. The molecule has 0 spiro atoms. The summed E-state index contributed by atoms with van der Waals surface area (Å²) in [5.41, 5.74) is 1.02. The molecular formula is C16H21ClN2O2. The Balaban J connectivity index is 1.96. The largest absolute Gasteiger partial charge is 0.349 e. The molecule has 0 radical (unpaired) electrons. The van der Waals surface area contributed by atoms with E-state index in [9.17, 15) is 9.59 Å². The van der Waals surface area contributed by atoms with Crippen molar-refractivity contribution in [1.82, 2.24) is 5.32 Å². The summed E-state index contributed by atoms with van der Waals surface area (Å²) in [7, 11) is 0. The zero-order chi connectivity index (χ0) is 15.2. The first-order valence-corrected chi connectivity index (χ1v) is 7.88. The molecule has 5 heteroatoms. The quantitative estimate of drug-likeness (QED) is 0.754. The fourth-order valence-corrected chi connectivity index (χ4v) is 2.23. The normalized spacial score (nSPS) is 13.8. The second-order valence-electron chi connectivity index (χ2n) is 5.45. The number of anilines is 1. The minimum absolute atomic E-state index is 0.0284. The topological polar surface area (TPSA) is 58.2 Å². The van der Waals surface area contributed by atoms with Crippen LogP contribution in [0, 0.1) is 0 Å². The van der Waals surface area contributed by atoms with E-state index in [-0.39, 0.29) is 17.9 Å². The molecular weight excluding hydrogens is 288 g/mol. The van der Waals surface area contributed by atoms with Crippen LogP contribution in [0.2, 0.25) is 5.02 Å². The molecule has 1 aliphatic carbocycles. The van der Waals surface area contributed by atoms with E-state index in [1.807, 2.05) is 0 Å². The number of unbranched alkanes of at least 4 members (excludes halogenated alkanes) is 2. The van der Waals surface area contributed by atoms with Gasteiger partial charge in [-0.2, -0.15) is 0 Å². The number of carbonyl (C=O) groups is 2. The summed E-state index contributed by atoms with van der Waals surface area (Å²) >= 11 is 6.06. The van der Waals surface area contributed by atoms with Gasteiger partial charge < -0.3 is 10.6 Å². The lowest BCUT2D eigenvalue weighted by atomic mass is 10.1. The number of hydrogen-bond donors (Lipinski definition) is 2. The Labute approximate surface area is 130 Å². The van der Waals surface area contributed by atoms with E-state index < -0.39 is 0 Å². The van der Waals surface area contributed by atoms with Crippen molar-refractivity contribution in [1.29, 1.82) is 0 Å². The molecule has 4 nitrogen and oxygen atoms in total. The van der Waals surface area contributed by atoms with Gasteiger partial charge in [0.2, 0.25) is 5.91 Å². The van der Waals surface area contributed by atoms with Crippen molar-refractivity contribution in [3.8, 4) is 0 Å². The van der Waals surface area contributed by atoms with Crippen molar-refractivity contribution >= 4 is 29.1 Å². The van der Waals surface area contributed by atoms with Gasteiger partial charge >= 0.3 is 0 Å². The average molecular weight is 309 g/mol. The van der Waals surface area contributed by atoms with Gasteiger partial charge in [-0.1, -0.05) is 31.4 Å². The molecule has 1 fully saturated rings. The Morgan fingerprint density at radius 1 is 1.29 bits per heavy atom. The van der Waals surface area contributed by atoms with Crippen LogP contribution >= 0.6 is 11.6 Å². The SMILES string of the molecule is CCCCCC(=O)Nc1ccc(Cl)c(C(=O)NC2CC2)c1. The highest BCUT2D eigenvalue weighted by Gasteiger charge is 2.24. The summed E-state index contributed by atoms with van der Waals surface area (Å²) < 4.78 is 0. The maximum absolute atomic E-state index is 12.1. The molecule has 1 saturated carbocycles. The van der Waals surface area contributed by atoms with E-state index in [4.69, 9.17) is 11.6 Å². The fourth-order valence-electron chi connectivity index (χ4n) is 2.03. The van der Waals surface area contributed by atoms with E-state index in [1.54, 1.807) is 18.2 Å². The van der Waals surface area contributed by atoms with Crippen LogP contribution in [0.25, 0.3) is 0 Å². The van der Waals surface area contributed by atoms with Gasteiger partial charge in [-0.25, -0.2) is 0 Å². The van der Waals surface area contributed by atoms with Gasteiger partial charge in [0.05, 0.1) is 10.6 Å². The monoisotopic (exact) mass is 308 g/mol. The number of amides is 2. The van der Waals surface area contributed by atoms with Gasteiger partial charge in [0.15, 0.2) is 0 Å². The average Bonchev–Trinajstić information content (AvgIpc) is 3.25. The minimum Gasteiger partial charge on any atom is -0.349 e. The molecule has 0 saturated heterocycles. The van der Waals surface area contributed by atoms with Crippen molar-refractivity contribution in [2.24, 2.45) is 0 Å². The van der Waals surface area contributed by atoms with Crippen molar-refractivity contribution in [2.45, 2.75) is 51.5 Å². The summed E-state index contributed by atoms with van der Waals surface area (Å²) in [6.07, 6.45) is 5.56. The van der Waals surface area contributed by atoms with Crippen LogP contribution in [-0.2, 0) is 4.79 Å². The third-order valence-corrected chi connectivity index (χ3v) is 3.74. The molecule has 1 aromatic carbocycles. The van der Waals surface area contributed by atoms with E-state index in [0.717, 1.165) is 32.1 Å². The van der Waals surface area contributed by atoms with Crippen LogP contribution in [0.1, 0.15) is 55.8 Å². The van der Waals surface area contributed by atoms with Crippen LogP contribution in [0.5, 0.6) is 0 Å². The first-order valence-electron chi connectivity index (χ1n) is 7.50. The van der Waals surface area contributed by atoms with Crippen molar-refractivity contribution < 1.29 is 9.59 Å². The van der Waals surface area contributed by atoms with Gasteiger partial charge in [0.25, 0.3) is 5.91 Å². The van der Waals surface area contributed by atoms with Gasteiger partial charge in [-0.15, -0.1) is 0 Å². The molecule has 0 atom stereocenters. The van der Waals surface area contributed by atoms with E-state index in [2.05, 4.69) is 17.6 Å². The summed E-state index contributed by atoms with van der Waals surface area (Å²) in [6, 6.07) is 5.28. The molecule has 0 bridgehead atoms. The van der Waals surface area contributed by atoms with E-state index >= 15 is 0 Å².